The molecule has 0 aromatic heterocycles. The summed E-state index contributed by atoms with van der Waals surface area (Å²) in [4.78, 5) is 13.6. The lowest BCUT2D eigenvalue weighted by atomic mass is 10.1. The molecule has 1 aromatic carbocycles. The fourth-order valence-corrected chi connectivity index (χ4v) is 2.26. The van der Waals surface area contributed by atoms with Gasteiger partial charge in [-0.3, -0.25) is 4.79 Å². The van der Waals surface area contributed by atoms with E-state index in [1.165, 1.54) is 12.1 Å². The van der Waals surface area contributed by atoms with Crippen LogP contribution in [0.5, 0.6) is 5.75 Å². The number of hydrogen-bond acceptors (Lipinski definition) is 3. The molecule has 1 saturated heterocycles. The zero-order valence-corrected chi connectivity index (χ0v) is 11.6. The molecule has 1 N–H and O–H groups in total. The summed E-state index contributed by atoms with van der Waals surface area (Å²) in [5.41, 5.74) is -0.750. The Morgan fingerprint density at radius 2 is 2.15 bits per heavy atom. The number of halogens is 1. The summed E-state index contributed by atoms with van der Waals surface area (Å²) in [6.07, 6.45) is 1.64. The van der Waals surface area contributed by atoms with Crippen molar-refractivity contribution in [2.75, 3.05) is 19.7 Å². The first kappa shape index (κ1) is 14.8. The zero-order chi connectivity index (χ0) is 14.6. The number of carbonyl (C=O) groups is 1. The first-order chi connectivity index (χ1) is 9.46. The maximum absolute atomic E-state index is 12.7. The van der Waals surface area contributed by atoms with Crippen LogP contribution in [0.2, 0.25) is 0 Å². The molecule has 0 bridgehead atoms. The SMILES string of the molecule is CC1(O)CCN(C(=O)CCCOc2ccc(F)cc2)C1. The van der Waals surface area contributed by atoms with Crippen LogP contribution in [-0.4, -0.2) is 41.2 Å². The van der Waals surface area contributed by atoms with E-state index in [0.29, 0.717) is 44.7 Å². The highest BCUT2D eigenvalue weighted by atomic mass is 19.1. The molecule has 0 aliphatic carbocycles. The van der Waals surface area contributed by atoms with Crippen LogP contribution in [0.25, 0.3) is 0 Å². The Morgan fingerprint density at radius 3 is 2.75 bits per heavy atom. The van der Waals surface area contributed by atoms with Crippen molar-refractivity contribution in [3.63, 3.8) is 0 Å². The number of benzene rings is 1. The molecule has 1 aliphatic heterocycles. The second-order valence-corrected chi connectivity index (χ2v) is 5.47. The number of carbonyl (C=O) groups excluding carboxylic acids is 1. The summed E-state index contributed by atoms with van der Waals surface area (Å²) in [5, 5.41) is 9.81. The fraction of sp³-hybridized carbons (Fsp3) is 0.533. The minimum atomic E-state index is -0.750. The lowest BCUT2D eigenvalue weighted by molar-refractivity contribution is -0.131. The monoisotopic (exact) mass is 281 g/mol. The van der Waals surface area contributed by atoms with Crippen LogP contribution in [0.15, 0.2) is 24.3 Å². The van der Waals surface area contributed by atoms with E-state index in [-0.39, 0.29) is 11.7 Å². The lowest BCUT2D eigenvalue weighted by Gasteiger charge is -2.19. The Kier molecular flexibility index (Phi) is 4.60. The van der Waals surface area contributed by atoms with E-state index in [1.54, 1.807) is 24.0 Å². The molecule has 5 heteroatoms. The highest BCUT2D eigenvalue weighted by Crippen LogP contribution is 2.21. The molecule has 4 nitrogen and oxygen atoms in total. The number of aliphatic hydroxyl groups is 1. The summed E-state index contributed by atoms with van der Waals surface area (Å²) < 4.78 is 18.1. The van der Waals surface area contributed by atoms with Gasteiger partial charge >= 0.3 is 0 Å². The molecular weight excluding hydrogens is 261 g/mol. The van der Waals surface area contributed by atoms with Gasteiger partial charge in [-0.15, -0.1) is 0 Å². The normalized spacial score (nSPS) is 22.1. The first-order valence-corrected chi connectivity index (χ1v) is 6.85. The standard InChI is InChI=1S/C15H20FNO3/c1-15(19)8-9-17(11-15)14(18)3-2-10-20-13-6-4-12(16)5-7-13/h4-7,19H,2-3,8-11H2,1H3. The van der Waals surface area contributed by atoms with Crippen molar-refractivity contribution in [1.29, 1.82) is 0 Å². The van der Waals surface area contributed by atoms with Crippen molar-refractivity contribution in [2.24, 2.45) is 0 Å². The number of amides is 1. The number of nitrogens with zero attached hydrogens (tertiary/aromatic N) is 1. The first-order valence-electron chi connectivity index (χ1n) is 6.85. The summed E-state index contributed by atoms with van der Waals surface area (Å²) in [6.45, 7) is 3.19. The van der Waals surface area contributed by atoms with Gasteiger partial charge in [0, 0.05) is 19.5 Å². The van der Waals surface area contributed by atoms with Crippen LogP contribution in [-0.2, 0) is 4.79 Å². The van der Waals surface area contributed by atoms with Crippen molar-refractivity contribution in [1.82, 2.24) is 4.90 Å². The summed E-state index contributed by atoms with van der Waals surface area (Å²) in [7, 11) is 0. The average molecular weight is 281 g/mol. The Balaban J connectivity index is 1.66. The molecule has 1 amide bonds. The van der Waals surface area contributed by atoms with Gasteiger partial charge in [0.05, 0.1) is 12.2 Å². The molecule has 0 radical (unpaired) electrons. The molecule has 1 aliphatic rings. The van der Waals surface area contributed by atoms with Gasteiger partial charge in [-0.1, -0.05) is 0 Å². The quantitative estimate of drug-likeness (QED) is 0.839. The fourth-order valence-electron chi connectivity index (χ4n) is 2.26. The number of β-amino-alcohol motifs (C(OH)–C–C–N with tert-alkyl or cyclic N) is 1. The Morgan fingerprint density at radius 1 is 1.45 bits per heavy atom. The van der Waals surface area contributed by atoms with E-state index in [0.717, 1.165) is 0 Å². The third kappa shape index (κ3) is 4.20. The zero-order valence-electron chi connectivity index (χ0n) is 11.6. The molecule has 20 heavy (non-hydrogen) atoms. The number of likely N-dealkylation sites (tertiary alicyclic amines) is 1. The third-order valence-corrected chi connectivity index (χ3v) is 3.42. The smallest absolute Gasteiger partial charge is 0.222 e. The van der Waals surface area contributed by atoms with Gasteiger partial charge in [-0.05, 0) is 44.0 Å². The van der Waals surface area contributed by atoms with Gasteiger partial charge in [0.2, 0.25) is 5.91 Å². The Hall–Kier alpha value is -1.62. The van der Waals surface area contributed by atoms with E-state index >= 15 is 0 Å². The van der Waals surface area contributed by atoms with E-state index in [1.807, 2.05) is 0 Å². The predicted octanol–water partition coefficient (Wildman–Crippen LogP) is 1.97. The van der Waals surface area contributed by atoms with E-state index in [9.17, 15) is 14.3 Å². The topological polar surface area (TPSA) is 49.8 Å². The highest BCUT2D eigenvalue weighted by Gasteiger charge is 2.33. The molecule has 0 spiro atoms. The van der Waals surface area contributed by atoms with Crippen LogP contribution < -0.4 is 4.74 Å². The maximum atomic E-state index is 12.7. The second kappa shape index (κ2) is 6.22. The van der Waals surface area contributed by atoms with Crippen molar-refractivity contribution in [2.45, 2.75) is 31.8 Å². The summed E-state index contributed by atoms with van der Waals surface area (Å²) >= 11 is 0. The van der Waals surface area contributed by atoms with Crippen LogP contribution in [0, 0.1) is 5.82 Å². The Labute approximate surface area is 118 Å². The van der Waals surface area contributed by atoms with Crippen LogP contribution in [0.4, 0.5) is 4.39 Å². The largest absolute Gasteiger partial charge is 0.494 e. The van der Waals surface area contributed by atoms with Crippen LogP contribution in [0.3, 0.4) is 0 Å². The minimum Gasteiger partial charge on any atom is -0.494 e. The maximum Gasteiger partial charge on any atom is 0.222 e. The van der Waals surface area contributed by atoms with E-state index < -0.39 is 5.60 Å². The molecule has 2 rings (SSSR count). The van der Waals surface area contributed by atoms with Crippen molar-refractivity contribution >= 4 is 5.91 Å². The molecule has 1 unspecified atom stereocenters. The molecule has 1 fully saturated rings. The van der Waals surface area contributed by atoms with Crippen molar-refractivity contribution in [3.8, 4) is 5.75 Å². The molecule has 0 saturated carbocycles. The minimum absolute atomic E-state index is 0.0467. The summed E-state index contributed by atoms with van der Waals surface area (Å²) in [6, 6.07) is 5.81. The number of ether oxygens (including phenoxy) is 1. The van der Waals surface area contributed by atoms with Gasteiger partial charge in [0.15, 0.2) is 0 Å². The van der Waals surface area contributed by atoms with Gasteiger partial charge in [0.1, 0.15) is 11.6 Å². The lowest BCUT2D eigenvalue weighted by Crippen LogP contribution is -2.33. The average Bonchev–Trinajstić information content (AvgIpc) is 2.77. The van der Waals surface area contributed by atoms with Crippen LogP contribution >= 0.6 is 0 Å². The van der Waals surface area contributed by atoms with Gasteiger partial charge in [0.25, 0.3) is 0 Å². The van der Waals surface area contributed by atoms with Crippen LogP contribution in [0.1, 0.15) is 26.2 Å². The van der Waals surface area contributed by atoms with E-state index in [4.69, 9.17) is 4.74 Å². The Bertz CT molecular complexity index is 459. The number of hydrogen-bond donors (Lipinski definition) is 1. The van der Waals surface area contributed by atoms with E-state index in [2.05, 4.69) is 0 Å². The third-order valence-electron chi connectivity index (χ3n) is 3.42. The molecular formula is C15H20FNO3. The highest BCUT2D eigenvalue weighted by molar-refractivity contribution is 5.76. The van der Waals surface area contributed by atoms with Gasteiger partial charge in [-0.25, -0.2) is 4.39 Å². The number of rotatable bonds is 5. The van der Waals surface area contributed by atoms with Gasteiger partial charge < -0.3 is 14.7 Å². The van der Waals surface area contributed by atoms with Crippen molar-refractivity contribution in [3.05, 3.63) is 30.1 Å². The molecule has 110 valence electrons. The second-order valence-electron chi connectivity index (χ2n) is 5.47. The predicted molar refractivity (Wildman–Crippen MR) is 72.9 cm³/mol. The van der Waals surface area contributed by atoms with Crippen molar-refractivity contribution < 1.29 is 19.0 Å². The molecule has 1 aromatic rings. The van der Waals surface area contributed by atoms with Gasteiger partial charge in [-0.2, -0.15) is 0 Å². The molecule has 1 heterocycles. The molecule has 1 atom stereocenters. The summed E-state index contributed by atoms with van der Waals surface area (Å²) in [5.74, 6) is 0.349.